The molecule has 0 radical (unpaired) electrons. The molecular formula is C15H32O6Si. The molecule has 0 aromatic carbocycles. The van der Waals surface area contributed by atoms with Crippen molar-refractivity contribution in [3.8, 4) is 0 Å². The van der Waals surface area contributed by atoms with Crippen LogP contribution in [0.5, 0.6) is 0 Å². The SMILES string of the molecule is C=CC[Si](OOC(C)(C)C)(OOC(C)(C)C)OOC(C)(C)C. The lowest BCUT2D eigenvalue weighted by Gasteiger charge is -2.32. The molecule has 0 unspecified atom stereocenters. The number of hydrogen-bond donors (Lipinski definition) is 0. The van der Waals surface area contributed by atoms with Crippen molar-refractivity contribution in [2.75, 3.05) is 0 Å². The third-order valence-corrected chi connectivity index (χ3v) is 3.45. The molecule has 0 saturated heterocycles. The molecule has 0 saturated carbocycles. The zero-order chi connectivity index (χ0) is 17.7. The van der Waals surface area contributed by atoms with Crippen molar-refractivity contribution < 1.29 is 28.4 Å². The van der Waals surface area contributed by atoms with E-state index in [0.717, 1.165) is 0 Å². The molecule has 7 heteroatoms. The van der Waals surface area contributed by atoms with Crippen LogP contribution in [0.3, 0.4) is 0 Å². The quantitative estimate of drug-likeness (QED) is 0.284. The Balaban J connectivity index is 5.11. The van der Waals surface area contributed by atoms with Gasteiger partial charge in [-0.05, 0) is 62.3 Å². The highest BCUT2D eigenvalue weighted by Gasteiger charge is 2.48. The highest BCUT2D eigenvalue weighted by molar-refractivity contribution is 6.60. The Labute approximate surface area is 135 Å². The van der Waals surface area contributed by atoms with Crippen LogP contribution < -0.4 is 0 Å². The zero-order valence-corrected chi connectivity index (χ0v) is 16.4. The normalized spacial score (nSPS) is 14.2. The third-order valence-electron chi connectivity index (χ3n) is 1.65. The fraction of sp³-hybridized carbons (Fsp3) is 0.867. The highest BCUT2D eigenvalue weighted by atomic mass is 28.4. The minimum atomic E-state index is -3.41. The van der Waals surface area contributed by atoms with E-state index in [0.29, 0.717) is 0 Å². The van der Waals surface area contributed by atoms with Crippen molar-refractivity contribution in [2.24, 2.45) is 0 Å². The van der Waals surface area contributed by atoms with Crippen molar-refractivity contribution in [1.29, 1.82) is 0 Å². The first-order valence-corrected chi connectivity index (χ1v) is 9.33. The van der Waals surface area contributed by atoms with Crippen LogP contribution in [-0.4, -0.2) is 25.6 Å². The van der Waals surface area contributed by atoms with Crippen molar-refractivity contribution in [1.82, 2.24) is 0 Å². The molecule has 0 spiro atoms. The first kappa shape index (κ1) is 21.7. The van der Waals surface area contributed by atoms with E-state index in [4.69, 9.17) is 28.4 Å². The topological polar surface area (TPSA) is 55.4 Å². The molecule has 0 heterocycles. The molecule has 0 aliphatic carbocycles. The first-order chi connectivity index (χ1) is 9.68. The molecule has 0 atom stereocenters. The Morgan fingerprint density at radius 3 is 1.14 bits per heavy atom. The average molecular weight is 337 g/mol. The van der Waals surface area contributed by atoms with Gasteiger partial charge in [-0.3, -0.25) is 0 Å². The largest absolute Gasteiger partial charge is 0.588 e. The molecule has 0 aliphatic heterocycles. The Hall–Kier alpha value is -0.283. The van der Waals surface area contributed by atoms with Gasteiger partial charge < -0.3 is 0 Å². The number of rotatable bonds is 8. The summed E-state index contributed by atoms with van der Waals surface area (Å²) in [5, 5.41) is 0. The van der Waals surface area contributed by atoms with E-state index in [9.17, 15) is 0 Å². The van der Waals surface area contributed by atoms with Gasteiger partial charge in [0.2, 0.25) is 0 Å². The predicted molar refractivity (Wildman–Crippen MR) is 86.5 cm³/mol. The van der Waals surface area contributed by atoms with Crippen LogP contribution in [0.15, 0.2) is 12.7 Å². The standard InChI is InChI=1S/C15H32O6Si/c1-11-12-22(19-16-13(2,3)4,20-17-14(5,6)7)21-18-15(8,9)10/h11H,1,12H2,2-10H3. The summed E-state index contributed by atoms with van der Waals surface area (Å²) in [4.78, 5) is 16.1. The van der Waals surface area contributed by atoms with Gasteiger partial charge in [0.25, 0.3) is 0 Å². The number of allylic oxidation sites excluding steroid dienone is 1. The molecule has 0 rings (SSSR count). The highest BCUT2D eigenvalue weighted by Crippen LogP contribution is 2.25. The molecule has 0 aliphatic rings. The lowest BCUT2D eigenvalue weighted by molar-refractivity contribution is -0.409. The lowest BCUT2D eigenvalue weighted by Crippen LogP contribution is -2.49. The smallest absolute Gasteiger partial charge is 0.237 e. The van der Waals surface area contributed by atoms with Gasteiger partial charge in [0, 0.05) is 6.04 Å². The molecule has 0 bridgehead atoms. The second-order valence-electron chi connectivity index (χ2n) is 8.01. The van der Waals surface area contributed by atoms with E-state index >= 15 is 0 Å². The van der Waals surface area contributed by atoms with Crippen LogP contribution in [-0.2, 0) is 28.4 Å². The van der Waals surface area contributed by atoms with Gasteiger partial charge in [0.1, 0.15) is 0 Å². The summed E-state index contributed by atoms with van der Waals surface area (Å²) in [6.45, 7) is 20.4. The van der Waals surface area contributed by atoms with E-state index in [2.05, 4.69) is 6.58 Å². The van der Waals surface area contributed by atoms with E-state index in [1.165, 1.54) is 0 Å². The second-order valence-corrected chi connectivity index (χ2v) is 10.3. The first-order valence-electron chi connectivity index (χ1n) is 7.39. The van der Waals surface area contributed by atoms with Crippen molar-refractivity contribution >= 4 is 8.80 Å². The van der Waals surface area contributed by atoms with Crippen molar-refractivity contribution in [3.05, 3.63) is 12.7 Å². The zero-order valence-electron chi connectivity index (χ0n) is 15.4. The third kappa shape index (κ3) is 11.3. The summed E-state index contributed by atoms with van der Waals surface area (Å²) in [5.74, 6) is 0. The van der Waals surface area contributed by atoms with Crippen LogP contribution in [0.4, 0.5) is 0 Å². The molecule has 0 fully saturated rings. The minimum absolute atomic E-state index is 0.273. The van der Waals surface area contributed by atoms with E-state index in [1.54, 1.807) is 6.08 Å². The van der Waals surface area contributed by atoms with Gasteiger partial charge in [-0.15, -0.1) is 6.58 Å². The van der Waals surface area contributed by atoms with Crippen LogP contribution in [0, 0.1) is 0 Å². The van der Waals surface area contributed by atoms with E-state index < -0.39 is 25.6 Å². The van der Waals surface area contributed by atoms with Crippen molar-refractivity contribution in [3.63, 3.8) is 0 Å². The Bertz CT molecular complexity index is 292. The van der Waals surface area contributed by atoms with Gasteiger partial charge in [-0.1, -0.05) is 6.08 Å². The summed E-state index contributed by atoms with van der Waals surface area (Å²) >= 11 is 0. The van der Waals surface area contributed by atoms with Crippen LogP contribution >= 0.6 is 0 Å². The molecular weight excluding hydrogens is 304 g/mol. The summed E-state index contributed by atoms with van der Waals surface area (Å²) in [5.41, 5.74) is -1.60. The second kappa shape index (κ2) is 8.01. The maximum absolute atomic E-state index is 5.50. The van der Waals surface area contributed by atoms with E-state index in [1.807, 2.05) is 62.3 Å². The van der Waals surface area contributed by atoms with Crippen LogP contribution in [0.2, 0.25) is 6.04 Å². The maximum atomic E-state index is 5.50. The summed E-state index contributed by atoms with van der Waals surface area (Å²) < 4.78 is 16.5. The molecule has 22 heavy (non-hydrogen) atoms. The maximum Gasteiger partial charge on any atom is 0.588 e. The van der Waals surface area contributed by atoms with Gasteiger partial charge in [-0.2, -0.15) is 0 Å². The van der Waals surface area contributed by atoms with Gasteiger partial charge in [0.05, 0.1) is 16.8 Å². The molecule has 6 nitrogen and oxygen atoms in total. The molecule has 0 aromatic heterocycles. The molecule has 132 valence electrons. The average Bonchev–Trinajstić information content (AvgIpc) is 2.28. The fourth-order valence-electron chi connectivity index (χ4n) is 0.886. The van der Waals surface area contributed by atoms with Crippen LogP contribution in [0.1, 0.15) is 62.3 Å². The Kier molecular flexibility index (Phi) is 7.90. The summed E-state index contributed by atoms with van der Waals surface area (Å²) in [6.07, 6.45) is 1.62. The van der Waals surface area contributed by atoms with Gasteiger partial charge >= 0.3 is 8.80 Å². The number of hydrogen-bond acceptors (Lipinski definition) is 6. The molecule has 0 N–H and O–H groups in total. The summed E-state index contributed by atoms with van der Waals surface area (Å²) in [7, 11) is -3.41. The van der Waals surface area contributed by atoms with Gasteiger partial charge in [-0.25, -0.2) is 28.4 Å². The Morgan fingerprint density at radius 1 is 0.682 bits per heavy atom. The van der Waals surface area contributed by atoms with Crippen molar-refractivity contribution in [2.45, 2.75) is 85.2 Å². The fourth-order valence-corrected chi connectivity index (χ4v) is 2.66. The Morgan fingerprint density at radius 2 is 0.955 bits per heavy atom. The van der Waals surface area contributed by atoms with E-state index in [-0.39, 0.29) is 6.04 Å². The lowest BCUT2D eigenvalue weighted by atomic mass is 10.2. The molecule has 0 amide bonds. The minimum Gasteiger partial charge on any atom is -0.237 e. The van der Waals surface area contributed by atoms with Crippen LogP contribution in [0.25, 0.3) is 0 Å². The summed E-state index contributed by atoms with van der Waals surface area (Å²) in [6, 6.07) is 0.273. The predicted octanol–water partition coefficient (Wildman–Crippen LogP) is 4.35. The molecule has 0 aromatic rings. The van der Waals surface area contributed by atoms with Gasteiger partial charge in [0.15, 0.2) is 0 Å². The monoisotopic (exact) mass is 336 g/mol.